The molecule has 9 heteroatoms. The zero-order valence-electron chi connectivity index (χ0n) is 15.4. The Morgan fingerprint density at radius 1 is 1.31 bits per heavy atom. The minimum Gasteiger partial charge on any atom is -0.365 e. The number of allylic oxidation sites excluding steroid dienone is 2. The number of azo groups is 2. The number of rotatable bonds is 3. The van der Waals surface area contributed by atoms with Crippen molar-refractivity contribution in [3.05, 3.63) is 76.5 Å². The third-order valence-electron chi connectivity index (χ3n) is 4.84. The lowest BCUT2D eigenvalue weighted by Crippen LogP contribution is -2.25. The second-order valence-electron chi connectivity index (χ2n) is 6.79. The number of aryl methyl sites for hydroxylation is 1. The predicted molar refractivity (Wildman–Crippen MR) is 100 cm³/mol. The number of nitrogens with zero attached hydrogens (tertiary/aromatic N) is 3. The molecule has 0 bridgehead atoms. The molecule has 3 aliphatic rings. The van der Waals surface area contributed by atoms with Gasteiger partial charge in [0.25, 0.3) is 5.91 Å². The van der Waals surface area contributed by atoms with E-state index in [1.54, 1.807) is 13.1 Å². The van der Waals surface area contributed by atoms with Crippen LogP contribution in [-0.4, -0.2) is 22.9 Å². The van der Waals surface area contributed by atoms with E-state index >= 15 is 0 Å². The second-order valence-corrected chi connectivity index (χ2v) is 6.79. The normalized spacial score (nSPS) is 19.7. The van der Waals surface area contributed by atoms with Gasteiger partial charge in [-0.15, -0.1) is 0 Å². The molecular weight excluding hydrogens is 383 g/mol. The van der Waals surface area contributed by atoms with Crippen molar-refractivity contribution in [2.75, 3.05) is 6.54 Å². The molecular formula is C20H17F3N5O+. The third-order valence-corrected chi connectivity index (χ3v) is 4.84. The molecule has 0 fully saturated rings. The van der Waals surface area contributed by atoms with Crippen molar-refractivity contribution in [2.24, 2.45) is 15.8 Å². The van der Waals surface area contributed by atoms with Crippen molar-refractivity contribution in [3.63, 3.8) is 0 Å². The van der Waals surface area contributed by atoms with Crippen molar-refractivity contribution < 1.29 is 22.7 Å². The van der Waals surface area contributed by atoms with E-state index in [2.05, 4.69) is 15.4 Å². The van der Waals surface area contributed by atoms with Crippen molar-refractivity contribution in [1.29, 1.82) is 0 Å². The summed E-state index contributed by atoms with van der Waals surface area (Å²) in [5.41, 5.74) is 7.70. The third kappa shape index (κ3) is 3.51. The van der Waals surface area contributed by atoms with Crippen LogP contribution in [0, 0.1) is 6.92 Å². The van der Waals surface area contributed by atoms with E-state index in [0.717, 1.165) is 29.8 Å². The SMILES string of the molecule is Cc1ccc(C(F)(F)F)cc1C1=C[N+](=NC2=C3C=CN=C3CCN2)C=C1C(N)=O. The highest BCUT2D eigenvalue weighted by atomic mass is 19.4. The summed E-state index contributed by atoms with van der Waals surface area (Å²) in [6.07, 6.45) is 2.71. The summed E-state index contributed by atoms with van der Waals surface area (Å²) in [7, 11) is 0. The van der Waals surface area contributed by atoms with Gasteiger partial charge in [0.1, 0.15) is 5.57 Å². The van der Waals surface area contributed by atoms with Gasteiger partial charge in [-0.05, 0) is 36.3 Å². The number of carbonyl (C=O) groups is 1. The van der Waals surface area contributed by atoms with Crippen LogP contribution in [0.15, 0.2) is 69.9 Å². The maximum absolute atomic E-state index is 13.2. The van der Waals surface area contributed by atoms with E-state index in [9.17, 15) is 18.0 Å². The number of hydrogen-bond acceptors (Lipinski definition) is 4. The maximum Gasteiger partial charge on any atom is 0.416 e. The van der Waals surface area contributed by atoms with Crippen LogP contribution in [0.3, 0.4) is 0 Å². The van der Waals surface area contributed by atoms with E-state index in [0.29, 0.717) is 23.5 Å². The van der Waals surface area contributed by atoms with Crippen LogP contribution < -0.4 is 11.1 Å². The van der Waals surface area contributed by atoms with Gasteiger partial charge < -0.3 is 11.1 Å². The number of nitrogens with two attached hydrogens (primary N) is 1. The van der Waals surface area contributed by atoms with E-state index in [1.807, 2.05) is 6.08 Å². The Hall–Kier alpha value is -3.49. The minimum atomic E-state index is -4.49. The molecule has 3 heterocycles. The number of nitrogens with one attached hydrogen (secondary N) is 1. The highest BCUT2D eigenvalue weighted by molar-refractivity contribution is 6.09. The highest BCUT2D eigenvalue weighted by Crippen LogP contribution is 2.36. The van der Waals surface area contributed by atoms with E-state index < -0.39 is 17.6 Å². The van der Waals surface area contributed by atoms with Crippen LogP contribution in [0.2, 0.25) is 0 Å². The molecule has 0 unspecified atom stereocenters. The molecule has 6 nitrogen and oxygen atoms in total. The lowest BCUT2D eigenvalue weighted by molar-refractivity contribution is -0.450. The lowest BCUT2D eigenvalue weighted by atomic mass is 9.94. The average molecular weight is 400 g/mol. The fraction of sp³-hybridized carbons (Fsp3) is 0.200. The van der Waals surface area contributed by atoms with Gasteiger partial charge in [0.05, 0.1) is 16.8 Å². The van der Waals surface area contributed by atoms with Crippen LogP contribution in [-0.2, 0) is 11.0 Å². The number of hydrogen-bond donors (Lipinski definition) is 2. The second kappa shape index (κ2) is 6.84. The fourth-order valence-electron chi connectivity index (χ4n) is 3.38. The molecule has 1 aromatic rings. The number of carbonyl (C=O) groups excluding carboxylic acids is 1. The van der Waals surface area contributed by atoms with Gasteiger partial charge in [0.15, 0.2) is 0 Å². The zero-order chi connectivity index (χ0) is 20.8. The monoisotopic (exact) mass is 400 g/mol. The molecule has 3 aliphatic heterocycles. The number of halogens is 3. The highest BCUT2D eigenvalue weighted by Gasteiger charge is 2.34. The van der Waals surface area contributed by atoms with E-state index in [4.69, 9.17) is 5.73 Å². The quantitative estimate of drug-likeness (QED) is 0.763. The summed E-state index contributed by atoms with van der Waals surface area (Å²) >= 11 is 0. The summed E-state index contributed by atoms with van der Waals surface area (Å²) < 4.78 is 40.9. The van der Waals surface area contributed by atoms with Crippen molar-refractivity contribution in [2.45, 2.75) is 19.5 Å². The Morgan fingerprint density at radius 3 is 2.83 bits per heavy atom. The number of alkyl halides is 3. The molecule has 29 heavy (non-hydrogen) atoms. The van der Waals surface area contributed by atoms with Gasteiger partial charge >= 0.3 is 6.18 Å². The lowest BCUT2D eigenvalue weighted by Gasteiger charge is -2.14. The number of benzene rings is 1. The van der Waals surface area contributed by atoms with Gasteiger partial charge in [-0.2, -0.15) is 13.2 Å². The molecule has 4 rings (SSSR count). The Labute approximate surface area is 164 Å². The van der Waals surface area contributed by atoms with Gasteiger partial charge in [0, 0.05) is 29.9 Å². The zero-order valence-corrected chi connectivity index (χ0v) is 15.4. The fourth-order valence-corrected chi connectivity index (χ4v) is 3.38. The van der Waals surface area contributed by atoms with Gasteiger partial charge in [-0.25, -0.2) is 0 Å². The molecule has 0 aliphatic carbocycles. The van der Waals surface area contributed by atoms with Crippen molar-refractivity contribution in [1.82, 2.24) is 5.32 Å². The van der Waals surface area contributed by atoms with Crippen LogP contribution in [0.1, 0.15) is 23.1 Å². The van der Waals surface area contributed by atoms with E-state index in [-0.39, 0.29) is 11.1 Å². The van der Waals surface area contributed by atoms with Gasteiger partial charge in [-0.3, -0.25) is 9.79 Å². The molecule has 0 radical (unpaired) electrons. The Balaban J connectivity index is 1.81. The Morgan fingerprint density at radius 2 is 2.10 bits per heavy atom. The number of amides is 1. The molecule has 0 saturated heterocycles. The van der Waals surface area contributed by atoms with Gasteiger partial charge in [-0.1, -0.05) is 10.8 Å². The first kappa shape index (κ1) is 18.9. The molecule has 0 spiro atoms. The summed E-state index contributed by atoms with van der Waals surface area (Å²) in [6.45, 7) is 2.33. The number of fused-ring (bicyclic) bond motifs is 1. The first-order chi connectivity index (χ1) is 13.7. The van der Waals surface area contributed by atoms with E-state index in [1.165, 1.54) is 23.2 Å². The summed E-state index contributed by atoms with van der Waals surface area (Å²) in [6, 6.07) is 3.40. The standard InChI is InChI=1S/C20H16F3N5O/c1-11-2-3-12(20(21,22)23)8-14(11)15-9-28(10-16(15)18(24)29)27-19-13-4-6-25-17(13)5-7-26-19/h2-4,6,8-10H,5,7H2,1H3,(H2-,24,25,26,27,29)/p+1. The molecule has 1 amide bonds. The van der Waals surface area contributed by atoms with Crippen LogP contribution in [0.4, 0.5) is 13.2 Å². The summed E-state index contributed by atoms with van der Waals surface area (Å²) in [4.78, 5) is 16.2. The van der Waals surface area contributed by atoms with Crippen LogP contribution in [0.5, 0.6) is 0 Å². The molecule has 0 atom stereocenters. The number of aliphatic imine (C=N–C) groups is 1. The minimum absolute atomic E-state index is 0.0911. The van der Waals surface area contributed by atoms with Gasteiger partial charge in [0.2, 0.25) is 18.2 Å². The summed E-state index contributed by atoms with van der Waals surface area (Å²) in [5, 5.41) is 7.65. The van der Waals surface area contributed by atoms with Crippen LogP contribution in [0.25, 0.3) is 5.57 Å². The molecule has 3 N–H and O–H groups in total. The average Bonchev–Trinajstić information content (AvgIpc) is 3.28. The first-order valence-electron chi connectivity index (χ1n) is 8.88. The first-order valence-corrected chi connectivity index (χ1v) is 8.88. The largest absolute Gasteiger partial charge is 0.416 e. The van der Waals surface area contributed by atoms with Crippen LogP contribution >= 0.6 is 0 Å². The smallest absolute Gasteiger partial charge is 0.365 e. The predicted octanol–water partition coefficient (Wildman–Crippen LogP) is 3.38. The topological polar surface area (TPSA) is 82.8 Å². The molecule has 1 aromatic carbocycles. The summed E-state index contributed by atoms with van der Waals surface area (Å²) in [5.74, 6) is -0.176. The van der Waals surface area contributed by atoms with Crippen molar-refractivity contribution >= 4 is 17.2 Å². The molecule has 148 valence electrons. The Bertz CT molecular complexity index is 1100. The molecule has 0 aromatic heterocycles. The Kier molecular flexibility index (Phi) is 4.45. The number of primary amides is 1. The molecule has 0 saturated carbocycles. The maximum atomic E-state index is 13.2. The van der Waals surface area contributed by atoms with Crippen molar-refractivity contribution in [3.8, 4) is 0 Å².